The molecule has 1 aromatic carbocycles. The Balaban J connectivity index is 1.87. The molecule has 0 aliphatic heterocycles. The van der Waals surface area contributed by atoms with Crippen molar-refractivity contribution in [2.75, 3.05) is 0 Å². The van der Waals surface area contributed by atoms with Crippen molar-refractivity contribution < 1.29 is 18.4 Å². The van der Waals surface area contributed by atoms with Gasteiger partial charge in [-0.15, -0.1) is 0 Å². The maximum Gasteiger partial charge on any atom is 0.251 e. The molecule has 28 heavy (non-hydrogen) atoms. The van der Waals surface area contributed by atoms with Gasteiger partial charge in [-0.25, -0.2) is 13.8 Å². The number of aromatic nitrogens is 4. The van der Waals surface area contributed by atoms with Crippen LogP contribution in [0.15, 0.2) is 43.0 Å². The van der Waals surface area contributed by atoms with Gasteiger partial charge in [0.25, 0.3) is 5.91 Å². The summed E-state index contributed by atoms with van der Waals surface area (Å²) in [4.78, 5) is 31.3. The van der Waals surface area contributed by atoms with Crippen LogP contribution in [0.3, 0.4) is 0 Å². The number of hydrogen-bond donors (Lipinski definition) is 2. The minimum absolute atomic E-state index is 0.0210. The number of H-pyrrole nitrogens is 1. The first-order valence-corrected chi connectivity index (χ1v) is 8.15. The molecular weight excluding hydrogens is 368 g/mol. The Hall–Kier alpha value is -3.88. The van der Waals surface area contributed by atoms with E-state index in [2.05, 4.69) is 15.1 Å². The van der Waals surface area contributed by atoms with Gasteiger partial charge in [0.05, 0.1) is 17.3 Å². The number of fused-ring (bicyclic) bond motifs is 1. The number of ketones is 1. The highest BCUT2D eigenvalue weighted by Crippen LogP contribution is 2.28. The van der Waals surface area contributed by atoms with E-state index in [0.717, 1.165) is 17.7 Å². The molecule has 3 aromatic heterocycles. The van der Waals surface area contributed by atoms with Crippen LogP contribution in [0.2, 0.25) is 0 Å². The maximum atomic E-state index is 14.6. The number of nitrogens with one attached hydrogen (secondary N) is 1. The highest BCUT2D eigenvalue weighted by atomic mass is 19.1. The molecule has 0 aliphatic carbocycles. The van der Waals surface area contributed by atoms with E-state index in [1.807, 2.05) is 0 Å². The standard InChI is InChI=1S/C19H13F2N5O2/c1-26-8-10(6-25-26)9-4-12-13(7-24-19(12)23-5-9)17(27)15-14(20)3-2-11(16(15)21)18(22)28/h2-8H,1H3,(H2,22,28)(H,23,24). The molecule has 0 spiro atoms. The molecule has 0 saturated carbocycles. The third-order valence-electron chi connectivity index (χ3n) is 4.40. The number of pyridine rings is 1. The molecule has 0 radical (unpaired) electrons. The average molecular weight is 381 g/mol. The van der Waals surface area contributed by atoms with Crippen molar-refractivity contribution in [3.05, 3.63) is 71.3 Å². The summed E-state index contributed by atoms with van der Waals surface area (Å²) in [5.41, 5.74) is 5.54. The molecule has 0 bridgehead atoms. The fraction of sp³-hybridized carbons (Fsp3) is 0.0526. The van der Waals surface area contributed by atoms with Crippen molar-refractivity contribution >= 4 is 22.7 Å². The fourth-order valence-electron chi connectivity index (χ4n) is 3.01. The predicted octanol–water partition coefficient (Wildman–Crippen LogP) is 2.57. The minimum atomic E-state index is -1.29. The maximum absolute atomic E-state index is 14.6. The van der Waals surface area contributed by atoms with E-state index < -0.39 is 34.5 Å². The molecule has 9 heteroatoms. The average Bonchev–Trinajstić information content (AvgIpc) is 3.26. The number of carbonyl (C=O) groups excluding carboxylic acids is 2. The van der Waals surface area contributed by atoms with Gasteiger partial charge in [0.2, 0.25) is 5.78 Å². The normalized spacial score (nSPS) is 11.1. The molecule has 1 amide bonds. The molecule has 0 unspecified atom stereocenters. The lowest BCUT2D eigenvalue weighted by Crippen LogP contribution is -2.17. The monoisotopic (exact) mass is 381 g/mol. The summed E-state index contributed by atoms with van der Waals surface area (Å²) in [7, 11) is 1.76. The SMILES string of the molecule is Cn1cc(-c2cnc3[nH]cc(C(=O)c4c(F)ccc(C(N)=O)c4F)c3c2)cn1. The summed E-state index contributed by atoms with van der Waals surface area (Å²) in [6.45, 7) is 0. The predicted molar refractivity (Wildman–Crippen MR) is 96.6 cm³/mol. The highest BCUT2D eigenvalue weighted by Gasteiger charge is 2.25. The Morgan fingerprint density at radius 1 is 1.14 bits per heavy atom. The molecule has 7 nitrogen and oxygen atoms in total. The number of benzene rings is 1. The molecule has 3 heterocycles. The van der Waals surface area contributed by atoms with Gasteiger partial charge in [-0.2, -0.15) is 5.10 Å². The van der Waals surface area contributed by atoms with E-state index in [-0.39, 0.29) is 5.56 Å². The lowest BCUT2D eigenvalue weighted by Gasteiger charge is -2.07. The Bertz CT molecular complexity index is 1260. The van der Waals surface area contributed by atoms with Gasteiger partial charge in [0, 0.05) is 47.7 Å². The van der Waals surface area contributed by atoms with Crippen molar-refractivity contribution in [2.45, 2.75) is 0 Å². The van der Waals surface area contributed by atoms with E-state index in [4.69, 9.17) is 5.73 Å². The number of halogens is 2. The number of amides is 1. The van der Waals surface area contributed by atoms with E-state index in [0.29, 0.717) is 16.6 Å². The van der Waals surface area contributed by atoms with E-state index >= 15 is 0 Å². The number of aromatic amines is 1. The van der Waals surface area contributed by atoms with Crippen molar-refractivity contribution in [3.8, 4) is 11.1 Å². The third-order valence-corrected chi connectivity index (χ3v) is 4.40. The van der Waals surface area contributed by atoms with Crippen LogP contribution < -0.4 is 5.73 Å². The minimum Gasteiger partial charge on any atom is -0.366 e. The van der Waals surface area contributed by atoms with Gasteiger partial charge < -0.3 is 10.7 Å². The van der Waals surface area contributed by atoms with Gasteiger partial charge in [-0.3, -0.25) is 14.3 Å². The quantitative estimate of drug-likeness (QED) is 0.530. The zero-order chi connectivity index (χ0) is 20.0. The summed E-state index contributed by atoms with van der Waals surface area (Å²) >= 11 is 0. The zero-order valence-electron chi connectivity index (χ0n) is 14.5. The number of aryl methyl sites for hydroxylation is 1. The Morgan fingerprint density at radius 3 is 2.61 bits per heavy atom. The van der Waals surface area contributed by atoms with Crippen molar-refractivity contribution in [2.24, 2.45) is 12.8 Å². The number of nitrogens with zero attached hydrogens (tertiary/aromatic N) is 3. The molecule has 4 rings (SSSR count). The lowest BCUT2D eigenvalue weighted by atomic mass is 9.99. The number of primary amides is 1. The summed E-state index contributed by atoms with van der Waals surface area (Å²) in [6.07, 6.45) is 6.32. The first kappa shape index (κ1) is 17.5. The van der Waals surface area contributed by atoms with E-state index in [1.165, 1.54) is 6.20 Å². The lowest BCUT2D eigenvalue weighted by molar-refractivity contribution is 0.0996. The van der Waals surface area contributed by atoms with Gasteiger partial charge in [0.15, 0.2) is 0 Å². The Morgan fingerprint density at radius 2 is 1.93 bits per heavy atom. The molecule has 0 aliphatic rings. The van der Waals surface area contributed by atoms with Crippen molar-refractivity contribution in [1.82, 2.24) is 19.7 Å². The van der Waals surface area contributed by atoms with Crippen LogP contribution in [-0.4, -0.2) is 31.4 Å². The topological polar surface area (TPSA) is 107 Å². The van der Waals surface area contributed by atoms with Crippen LogP contribution in [0.5, 0.6) is 0 Å². The number of nitrogens with two attached hydrogens (primary N) is 1. The van der Waals surface area contributed by atoms with Crippen LogP contribution in [0.25, 0.3) is 22.2 Å². The van der Waals surface area contributed by atoms with Crippen LogP contribution in [0.1, 0.15) is 26.3 Å². The number of rotatable bonds is 4. The second-order valence-electron chi connectivity index (χ2n) is 6.20. The number of hydrogen-bond acceptors (Lipinski definition) is 4. The molecular formula is C19H13F2N5O2. The summed E-state index contributed by atoms with van der Waals surface area (Å²) < 4.78 is 30.4. The van der Waals surface area contributed by atoms with Gasteiger partial charge in [0.1, 0.15) is 17.3 Å². The second-order valence-corrected chi connectivity index (χ2v) is 6.20. The highest BCUT2D eigenvalue weighted by molar-refractivity contribution is 6.17. The molecule has 4 aromatic rings. The molecule has 0 saturated heterocycles. The van der Waals surface area contributed by atoms with Crippen LogP contribution >= 0.6 is 0 Å². The van der Waals surface area contributed by atoms with Crippen LogP contribution in [0.4, 0.5) is 8.78 Å². The summed E-state index contributed by atoms with van der Waals surface area (Å²) in [5, 5.41) is 4.47. The molecule has 0 fully saturated rings. The fourth-order valence-corrected chi connectivity index (χ4v) is 3.01. The number of carbonyl (C=O) groups is 2. The van der Waals surface area contributed by atoms with Gasteiger partial charge >= 0.3 is 0 Å². The van der Waals surface area contributed by atoms with E-state index in [1.54, 1.807) is 36.4 Å². The van der Waals surface area contributed by atoms with Gasteiger partial charge in [-0.05, 0) is 18.2 Å². The smallest absolute Gasteiger partial charge is 0.251 e. The largest absolute Gasteiger partial charge is 0.366 e. The molecule has 140 valence electrons. The van der Waals surface area contributed by atoms with Gasteiger partial charge in [-0.1, -0.05) is 0 Å². The Labute approximate surface area is 156 Å². The zero-order valence-corrected chi connectivity index (χ0v) is 14.5. The molecule has 0 atom stereocenters. The third kappa shape index (κ3) is 2.73. The van der Waals surface area contributed by atoms with E-state index in [9.17, 15) is 18.4 Å². The first-order chi connectivity index (χ1) is 13.4. The summed E-state index contributed by atoms with van der Waals surface area (Å²) in [6, 6.07) is 3.42. The second kappa shape index (κ2) is 6.38. The molecule has 3 N–H and O–H groups in total. The van der Waals surface area contributed by atoms with Crippen LogP contribution in [-0.2, 0) is 7.05 Å². The Kier molecular flexibility index (Phi) is 3.99. The van der Waals surface area contributed by atoms with Crippen molar-refractivity contribution in [3.63, 3.8) is 0 Å². The summed E-state index contributed by atoms with van der Waals surface area (Å²) in [5.74, 6) is -4.39. The van der Waals surface area contributed by atoms with Crippen molar-refractivity contribution in [1.29, 1.82) is 0 Å². The van der Waals surface area contributed by atoms with Crippen LogP contribution in [0, 0.1) is 11.6 Å². The first-order valence-electron chi connectivity index (χ1n) is 8.15.